The van der Waals surface area contributed by atoms with Crippen LogP contribution in [0.3, 0.4) is 0 Å². The minimum atomic E-state index is -3.70. The lowest BCUT2D eigenvalue weighted by Gasteiger charge is -2.31. The first-order valence-electron chi connectivity index (χ1n) is 9.06. The van der Waals surface area contributed by atoms with Gasteiger partial charge in [0, 0.05) is 31.4 Å². The molecule has 154 valence electrons. The number of aromatic nitrogens is 1. The number of hydrogen-bond donors (Lipinski definition) is 2. The molecule has 3 rings (SSSR count). The van der Waals surface area contributed by atoms with Crippen molar-refractivity contribution >= 4 is 39.3 Å². The summed E-state index contributed by atoms with van der Waals surface area (Å²) >= 11 is 5.84. The third kappa shape index (κ3) is 4.92. The van der Waals surface area contributed by atoms with Crippen molar-refractivity contribution < 1.29 is 18.0 Å². The third-order valence-electron chi connectivity index (χ3n) is 4.71. The number of anilines is 1. The van der Waals surface area contributed by atoms with Gasteiger partial charge in [-0.2, -0.15) is 4.31 Å². The van der Waals surface area contributed by atoms with Crippen LogP contribution in [-0.4, -0.2) is 49.7 Å². The molecule has 1 saturated heterocycles. The number of amides is 2. The number of halogens is 1. The minimum absolute atomic E-state index is 0.0904. The first kappa shape index (κ1) is 21.2. The van der Waals surface area contributed by atoms with Crippen LogP contribution < -0.4 is 10.6 Å². The van der Waals surface area contributed by atoms with Crippen LogP contribution in [-0.2, 0) is 14.8 Å². The highest BCUT2D eigenvalue weighted by atomic mass is 35.5. The summed E-state index contributed by atoms with van der Waals surface area (Å²) in [4.78, 5) is 28.4. The van der Waals surface area contributed by atoms with E-state index in [1.165, 1.54) is 47.9 Å². The molecule has 2 N–H and O–H groups in total. The second-order valence-electron chi connectivity index (χ2n) is 6.66. The highest BCUT2D eigenvalue weighted by Gasteiger charge is 2.33. The third-order valence-corrected chi connectivity index (χ3v) is 6.84. The molecule has 1 aliphatic rings. The molecule has 0 bridgehead atoms. The van der Waals surface area contributed by atoms with Crippen LogP contribution in [0, 0.1) is 5.92 Å². The zero-order chi connectivity index (χ0) is 21.0. The number of nitrogens with one attached hydrogen (secondary N) is 2. The van der Waals surface area contributed by atoms with Crippen molar-refractivity contribution in [1.29, 1.82) is 0 Å². The molecular formula is C19H21ClN4O4S. The summed E-state index contributed by atoms with van der Waals surface area (Å²) in [5, 5.41) is 5.64. The maximum absolute atomic E-state index is 12.9. The fourth-order valence-electron chi connectivity index (χ4n) is 3.11. The lowest BCUT2D eigenvalue weighted by molar-refractivity contribution is -0.120. The van der Waals surface area contributed by atoms with Crippen molar-refractivity contribution in [1.82, 2.24) is 14.6 Å². The van der Waals surface area contributed by atoms with Gasteiger partial charge < -0.3 is 10.6 Å². The quantitative estimate of drug-likeness (QED) is 0.746. The van der Waals surface area contributed by atoms with E-state index in [0.29, 0.717) is 35.8 Å². The van der Waals surface area contributed by atoms with Gasteiger partial charge in [0.25, 0.3) is 5.91 Å². The van der Waals surface area contributed by atoms with Gasteiger partial charge in [-0.3, -0.25) is 9.59 Å². The van der Waals surface area contributed by atoms with E-state index >= 15 is 0 Å². The number of hydrogen-bond acceptors (Lipinski definition) is 5. The Morgan fingerprint density at radius 3 is 2.52 bits per heavy atom. The summed E-state index contributed by atoms with van der Waals surface area (Å²) in [5.74, 6) is -0.765. The molecule has 29 heavy (non-hydrogen) atoms. The smallest absolute Gasteiger partial charge is 0.252 e. The van der Waals surface area contributed by atoms with E-state index in [-0.39, 0.29) is 23.3 Å². The van der Waals surface area contributed by atoms with Crippen LogP contribution in [0.2, 0.25) is 5.02 Å². The van der Waals surface area contributed by atoms with Crippen LogP contribution >= 0.6 is 11.6 Å². The SMILES string of the molecule is CNC(=O)c1ccc(NC(=O)C2CCCN(S(=O)(=O)c3ccc(Cl)cc3)C2)nc1. The second kappa shape index (κ2) is 8.89. The number of nitrogens with zero attached hydrogens (tertiary/aromatic N) is 2. The normalized spacial score (nSPS) is 17.5. The molecule has 2 heterocycles. The van der Waals surface area contributed by atoms with Gasteiger partial charge in [0.05, 0.1) is 16.4 Å². The van der Waals surface area contributed by atoms with E-state index in [9.17, 15) is 18.0 Å². The molecule has 1 unspecified atom stereocenters. The summed E-state index contributed by atoms with van der Waals surface area (Å²) in [7, 11) is -2.18. The van der Waals surface area contributed by atoms with Crippen molar-refractivity contribution in [2.45, 2.75) is 17.7 Å². The average molecular weight is 437 g/mol. The molecule has 0 spiro atoms. The molecular weight excluding hydrogens is 416 g/mol. The number of piperidine rings is 1. The molecule has 1 fully saturated rings. The van der Waals surface area contributed by atoms with Gasteiger partial charge in [-0.05, 0) is 49.2 Å². The van der Waals surface area contributed by atoms with E-state index in [2.05, 4.69) is 15.6 Å². The van der Waals surface area contributed by atoms with Crippen molar-refractivity contribution in [3.05, 3.63) is 53.2 Å². The van der Waals surface area contributed by atoms with Gasteiger partial charge in [-0.25, -0.2) is 13.4 Å². The minimum Gasteiger partial charge on any atom is -0.355 e. The van der Waals surface area contributed by atoms with Gasteiger partial charge in [0.1, 0.15) is 5.82 Å². The molecule has 0 radical (unpaired) electrons. The topological polar surface area (TPSA) is 108 Å². The maximum atomic E-state index is 12.9. The van der Waals surface area contributed by atoms with Crippen molar-refractivity contribution in [3.63, 3.8) is 0 Å². The molecule has 2 amide bonds. The van der Waals surface area contributed by atoms with Crippen LogP contribution in [0.15, 0.2) is 47.5 Å². The largest absolute Gasteiger partial charge is 0.355 e. The Balaban J connectivity index is 1.67. The fraction of sp³-hybridized carbons (Fsp3) is 0.316. The van der Waals surface area contributed by atoms with Gasteiger partial charge in [-0.15, -0.1) is 0 Å². The Hall–Kier alpha value is -2.49. The van der Waals surface area contributed by atoms with Gasteiger partial charge >= 0.3 is 0 Å². The Bertz CT molecular complexity index is 994. The van der Waals surface area contributed by atoms with Crippen LogP contribution in [0.5, 0.6) is 0 Å². The van der Waals surface area contributed by atoms with Crippen molar-refractivity contribution in [2.24, 2.45) is 5.92 Å². The van der Waals surface area contributed by atoms with Crippen LogP contribution in [0.4, 0.5) is 5.82 Å². The van der Waals surface area contributed by atoms with E-state index in [0.717, 1.165) is 0 Å². The Morgan fingerprint density at radius 1 is 1.17 bits per heavy atom. The Labute approximate surface area is 174 Å². The van der Waals surface area contributed by atoms with Gasteiger partial charge in [-0.1, -0.05) is 11.6 Å². The molecule has 1 aromatic heterocycles. The van der Waals surface area contributed by atoms with Crippen molar-refractivity contribution in [2.75, 3.05) is 25.5 Å². The fourth-order valence-corrected chi connectivity index (χ4v) is 4.75. The molecule has 10 heteroatoms. The van der Waals surface area contributed by atoms with E-state index in [1.807, 2.05) is 0 Å². The number of carbonyl (C=O) groups excluding carboxylic acids is 2. The summed E-state index contributed by atoms with van der Waals surface area (Å²) < 4.78 is 27.0. The number of rotatable bonds is 5. The predicted octanol–water partition coefficient (Wildman–Crippen LogP) is 2.13. The van der Waals surface area contributed by atoms with Crippen molar-refractivity contribution in [3.8, 4) is 0 Å². The van der Waals surface area contributed by atoms with Gasteiger partial charge in [0.2, 0.25) is 15.9 Å². The molecule has 0 saturated carbocycles. The number of sulfonamides is 1. The second-order valence-corrected chi connectivity index (χ2v) is 9.03. The van der Waals surface area contributed by atoms with Crippen LogP contribution in [0.25, 0.3) is 0 Å². The predicted molar refractivity (Wildman–Crippen MR) is 109 cm³/mol. The number of pyridine rings is 1. The highest BCUT2D eigenvalue weighted by molar-refractivity contribution is 7.89. The number of carbonyl (C=O) groups is 2. The molecule has 2 aromatic rings. The average Bonchev–Trinajstić information content (AvgIpc) is 2.74. The number of benzene rings is 1. The summed E-state index contributed by atoms with van der Waals surface area (Å²) in [6.45, 7) is 0.445. The van der Waals surface area contributed by atoms with E-state index in [4.69, 9.17) is 11.6 Å². The Kier molecular flexibility index (Phi) is 6.51. The molecule has 1 aromatic carbocycles. The highest BCUT2D eigenvalue weighted by Crippen LogP contribution is 2.25. The van der Waals surface area contributed by atoms with E-state index < -0.39 is 15.9 Å². The first-order chi connectivity index (χ1) is 13.8. The maximum Gasteiger partial charge on any atom is 0.252 e. The zero-order valence-electron chi connectivity index (χ0n) is 15.8. The summed E-state index contributed by atoms with van der Waals surface area (Å²) in [6.07, 6.45) is 2.52. The molecule has 0 aliphatic carbocycles. The van der Waals surface area contributed by atoms with Crippen LogP contribution in [0.1, 0.15) is 23.2 Å². The lowest BCUT2D eigenvalue weighted by atomic mass is 9.99. The molecule has 8 nitrogen and oxygen atoms in total. The Morgan fingerprint density at radius 2 is 1.90 bits per heavy atom. The van der Waals surface area contributed by atoms with Gasteiger partial charge in [0.15, 0.2) is 0 Å². The zero-order valence-corrected chi connectivity index (χ0v) is 17.3. The monoisotopic (exact) mass is 436 g/mol. The molecule has 1 atom stereocenters. The van der Waals surface area contributed by atoms with E-state index in [1.54, 1.807) is 6.07 Å². The first-order valence-corrected chi connectivity index (χ1v) is 10.9. The summed E-state index contributed by atoms with van der Waals surface area (Å²) in [6, 6.07) is 9.05. The summed E-state index contributed by atoms with van der Waals surface area (Å²) in [5.41, 5.74) is 0.378. The standard InChI is InChI=1S/C19H21ClN4O4S/c1-21-18(25)13-4-9-17(22-11-13)23-19(26)14-3-2-10-24(12-14)29(27,28)16-7-5-15(20)6-8-16/h4-9,11,14H,2-3,10,12H2,1H3,(H,21,25)(H,22,23,26). The lowest BCUT2D eigenvalue weighted by Crippen LogP contribution is -2.43. The molecule has 1 aliphatic heterocycles.